The van der Waals surface area contributed by atoms with E-state index >= 15 is 0 Å². The third-order valence-electron chi connectivity index (χ3n) is 2.27. The average Bonchev–Trinajstić information content (AvgIpc) is 2.32. The van der Waals surface area contributed by atoms with Crippen LogP contribution in [-0.2, 0) is 6.61 Å². The highest BCUT2D eigenvalue weighted by molar-refractivity contribution is 5.30. The fourth-order valence-corrected chi connectivity index (χ4v) is 1.38. The number of pyridine rings is 1. The Morgan fingerprint density at radius 3 is 2.88 bits per heavy atom. The molecule has 3 heteroatoms. The summed E-state index contributed by atoms with van der Waals surface area (Å²) in [5, 5.41) is 0. The molecule has 0 saturated heterocycles. The molecule has 1 aromatic carbocycles. The molecule has 2 aromatic rings. The molecule has 0 unspecified atom stereocenters. The van der Waals surface area contributed by atoms with Crippen molar-refractivity contribution in [2.45, 2.75) is 13.5 Å². The lowest BCUT2D eigenvalue weighted by Crippen LogP contribution is -1.98. The van der Waals surface area contributed by atoms with Crippen LogP contribution in [0.25, 0.3) is 0 Å². The van der Waals surface area contributed by atoms with E-state index in [0.29, 0.717) is 12.2 Å². The van der Waals surface area contributed by atoms with Gasteiger partial charge in [-0.15, -0.1) is 0 Å². The second-order valence-electron chi connectivity index (χ2n) is 3.54. The largest absolute Gasteiger partial charge is 0.486 e. The number of rotatable bonds is 3. The fraction of sp³-hybridized carbons (Fsp3) is 0.154. The van der Waals surface area contributed by atoms with E-state index in [-0.39, 0.29) is 11.6 Å². The zero-order chi connectivity index (χ0) is 11.4. The molecule has 1 aromatic heterocycles. The van der Waals surface area contributed by atoms with Gasteiger partial charge in [0.1, 0.15) is 6.61 Å². The highest BCUT2D eigenvalue weighted by Crippen LogP contribution is 2.20. The van der Waals surface area contributed by atoms with E-state index < -0.39 is 0 Å². The zero-order valence-electron chi connectivity index (χ0n) is 8.98. The Morgan fingerprint density at radius 2 is 2.12 bits per heavy atom. The first-order chi connectivity index (χ1) is 7.77. The number of nitrogens with zero attached hydrogens (tertiary/aromatic N) is 1. The summed E-state index contributed by atoms with van der Waals surface area (Å²) in [4.78, 5) is 3.96. The number of hydrogen-bond acceptors (Lipinski definition) is 2. The lowest BCUT2D eigenvalue weighted by molar-refractivity contribution is 0.289. The van der Waals surface area contributed by atoms with Gasteiger partial charge in [0.05, 0.1) is 0 Å². The van der Waals surface area contributed by atoms with E-state index in [1.165, 1.54) is 0 Å². The summed E-state index contributed by atoms with van der Waals surface area (Å²) >= 11 is 0. The van der Waals surface area contributed by atoms with E-state index in [0.717, 1.165) is 5.56 Å². The summed E-state index contributed by atoms with van der Waals surface area (Å²) in [5.41, 5.74) is 1.51. The maximum atomic E-state index is 13.6. The second-order valence-corrected chi connectivity index (χ2v) is 3.54. The van der Waals surface area contributed by atoms with Crippen molar-refractivity contribution in [1.29, 1.82) is 0 Å². The van der Waals surface area contributed by atoms with Gasteiger partial charge in [0.25, 0.3) is 0 Å². The molecule has 0 fully saturated rings. The van der Waals surface area contributed by atoms with E-state index in [4.69, 9.17) is 4.74 Å². The number of aryl methyl sites for hydroxylation is 1. The van der Waals surface area contributed by atoms with Crippen LogP contribution in [0, 0.1) is 12.7 Å². The predicted molar refractivity (Wildman–Crippen MR) is 59.7 cm³/mol. The standard InChI is InChI=1S/C13H12FNO/c1-10-4-2-6-12(13(10)14)16-9-11-5-3-7-15-8-11/h2-8H,9H2,1H3. The number of aromatic nitrogens is 1. The third kappa shape index (κ3) is 2.37. The maximum Gasteiger partial charge on any atom is 0.167 e. The molecular weight excluding hydrogens is 205 g/mol. The van der Waals surface area contributed by atoms with Gasteiger partial charge in [-0.1, -0.05) is 18.2 Å². The van der Waals surface area contributed by atoms with Crippen molar-refractivity contribution in [2.75, 3.05) is 0 Å². The molecule has 82 valence electrons. The van der Waals surface area contributed by atoms with Crippen LogP contribution in [0.5, 0.6) is 5.75 Å². The molecule has 0 N–H and O–H groups in total. The van der Waals surface area contributed by atoms with Crippen molar-refractivity contribution in [3.05, 3.63) is 59.7 Å². The molecule has 0 aliphatic rings. The second kappa shape index (κ2) is 4.75. The highest BCUT2D eigenvalue weighted by Gasteiger charge is 2.05. The molecular formula is C13H12FNO. The van der Waals surface area contributed by atoms with Gasteiger partial charge in [-0.3, -0.25) is 4.98 Å². The van der Waals surface area contributed by atoms with Crippen molar-refractivity contribution >= 4 is 0 Å². The minimum absolute atomic E-state index is 0.281. The average molecular weight is 217 g/mol. The zero-order valence-corrected chi connectivity index (χ0v) is 8.98. The molecule has 0 aliphatic carbocycles. The van der Waals surface area contributed by atoms with Crippen LogP contribution >= 0.6 is 0 Å². The summed E-state index contributed by atoms with van der Waals surface area (Å²) in [6.07, 6.45) is 3.39. The highest BCUT2D eigenvalue weighted by atomic mass is 19.1. The van der Waals surface area contributed by atoms with Crippen molar-refractivity contribution < 1.29 is 9.13 Å². The third-order valence-corrected chi connectivity index (χ3v) is 2.27. The predicted octanol–water partition coefficient (Wildman–Crippen LogP) is 3.11. The van der Waals surface area contributed by atoms with Crippen LogP contribution in [0.4, 0.5) is 4.39 Å². The van der Waals surface area contributed by atoms with Crippen LogP contribution in [0.3, 0.4) is 0 Å². The van der Waals surface area contributed by atoms with Gasteiger partial charge in [0.15, 0.2) is 11.6 Å². The van der Waals surface area contributed by atoms with Crippen molar-refractivity contribution in [1.82, 2.24) is 4.98 Å². The van der Waals surface area contributed by atoms with Crippen LogP contribution in [0.15, 0.2) is 42.7 Å². The molecule has 0 saturated carbocycles. The molecule has 0 radical (unpaired) electrons. The van der Waals surface area contributed by atoms with Crippen LogP contribution < -0.4 is 4.74 Å². The Balaban J connectivity index is 2.08. The van der Waals surface area contributed by atoms with Gasteiger partial charge in [-0.05, 0) is 24.6 Å². The quantitative estimate of drug-likeness (QED) is 0.788. The van der Waals surface area contributed by atoms with E-state index in [1.54, 1.807) is 37.5 Å². The molecule has 0 amide bonds. The number of halogens is 1. The van der Waals surface area contributed by atoms with Gasteiger partial charge in [-0.2, -0.15) is 0 Å². The van der Waals surface area contributed by atoms with Crippen LogP contribution in [0.1, 0.15) is 11.1 Å². The van der Waals surface area contributed by atoms with E-state index in [1.807, 2.05) is 12.1 Å². The first-order valence-corrected chi connectivity index (χ1v) is 5.04. The summed E-state index contributed by atoms with van der Waals surface area (Å²) in [7, 11) is 0. The first-order valence-electron chi connectivity index (χ1n) is 5.04. The molecule has 2 rings (SSSR count). The van der Waals surface area contributed by atoms with Gasteiger partial charge >= 0.3 is 0 Å². The number of ether oxygens (including phenoxy) is 1. The Bertz CT molecular complexity index is 471. The molecule has 1 heterocycles. The minimum Gasteiger partial charge on any atom is -0.486 e. The van der Waals surface area contributed by atoms with Crippen LogP contribution in [-0.4, -0.2) is 4.98 Å². The Labute approximate surface area is 93.7 Å². The first kappa shape index (κ1) is 10.6. The molecule has 0 bridgehead atoms. The lowest BCUT2D eigenvalue weighted by Gasteiger charge is -2.08. The van der Waals surface area contributed by atoms with Gasteiger partial charge in [0, 0.05) is 18.0 Å². The summed E-state index contributed by atoms with van der Waals surface area (Å²) < 4.78 is 19.0. The molecule has 0 aliphatic heterocycles. The Morgan fingerprint density at radius 1 is 1.25 bits per heavy atom. The van der Waals surface area contributed by atoms with E-state index in [9.17, 15) is 4.39 Å². The molecule has 0 spiro atoms. The normalized spacial score (nSPS) is 10.1. The van der Waals surface area contributed by atoms with Gasteiger partial charge < -0.3 is 4.74 Å². The summed E-state index contributed by atoms with van der Waals surface area (Å²) in [6, 6.07) is 8.83. The van der Waals surface area contributed by atoms with Crippen LogP contribution in [0.2, 0.25) is 0 Å². The molecule has 0 atom stereocenters. The van der Waals surface area contributed by atoms with Crippen molar-refractivity contribution in [3.8, 4) is 5.75 Å². The number of benzene rings is 1. The van der Waals surface area contributed by atoms with Gasteiger partial charge in [-0.25, -0.2) is 4.39 Å². The topological polar surface area (TPSA) is 22.1 Å². The lowest BCUT2D eigenvalue weighted by atomic mass is 10.2. The Kier molecular flexibility index (Phi) is 3.15. The summed E-state index contributed by atoms with van der Waals surface area (Å²) in [5.74, 6) is -0.0183. The maximum absolute atomic E-state index is 13.6. The van der Waals surface area contributed by atoms with E-state index in [2.05, 4.69) is 4.98 Å². The smallest absolute Gasteiger partial charge is 0.167 e. The minimum atomic E-state index is -0.300. The monoisotopic (exact) mass is 217 g/mol. The number of hydrogen-bond donors (Lipinski definition) is 0. The molecule has 16 heavy (non-hydrogen) atoms. The fourth-order valence-electron chi connectivity index (χ4n) is 1.38. The molecule has 2 nitrogen and oxygen atoms in total. The van der Waals surface area contributed by atoms with Crippen molar-refractivity contribution in [3.63, 3.8) is 0 Å². The van der Waals surface area contributed by atoms with Crippen molar-refractivity contribution in [2.24, 2.45) is 0 Å². The van der Waals surface area contributed by atoms with Gasteiger partial charge in [0.2, 0.25) is 0 Å². The SMILES string of the molecule is Cc1cccc(OCc2cccnc2)c1F. The summed E-state index contributed by atoms with van der Waals surface area (Å²) in [6.45, 7) is 2.04. The Hall–Kier alpha value is -1.90.